The Bertz CT molecular complexity index is 764. The summed E-state index contributed by atoms with van der Waals surface area (Å²) in [5.41, 5.74) is 4.44. The van der Waals surface area contributed by atoms with Crippen molar-refractivity contribution in [2.45, 2.75) is 18.9 Å². The minimum Gasteiger partial charge on any atom is -0.381 e. The number of aromatic nitrogens is 2. The molecule has 1 unspecified atom stereocenters. The normalized spacial score (nSPS) is 29.1. The van der Waals surface area contributed by atoms with E-state index in [0.717, 1.165) is 56.7 Å². The lowest BCUT2D eigenvalue weighted by molar-refractivity contribution is -0.0456. The molecule has 5 rings (SSSR count). The van der Waals surface area contributed by atoms with Crippen LogP contribution in [0.2, 0.25) is 0 Å². The van der Waals surface area contributed by atoms with Gasteiger partial charge in [0.25, 0.3) is 0 Å². The van der Waals surface area contributed by atoms with E-state index in [1.54, 1.807) is 6.20 Å². The lowest BCUT2D eigenvalue weighted by atomic mass is 9.94. The molecule has 0 bridgehead atoms. The zero-order valence-electron chi connectivity index (χ0n) is 14.9. The second-order valence-electron chi connectivity index (χ2n) is 7.42. The summed E-state index contributed by atoms with van der Waals surface area (Å²) in [4.78, 5) is 12.8. The Labute approximate surface area is 157 Å². The van der Waals surface area contributed by atoms with Crippen molar-refractivity contribution in [2.24, 2.45) is 5.92 Å². The fraction of sp³-hybridized carbons (Fsp3) is 0.556. The number of nitrogens with zero attached hydrogens (tertiary/aromatic N) is 4. The summed E-state index contributed by atoms with van der Waals surface area (Å²) in [6.07, 6.45) is 7.61. The predicted octanol–water partition coefficient (Wildman–Crippen LogP) is 1.54. The van der Waals surface area contributed by atoms with Gasteiger partial charge < -0.3 is 15.5 Å². The molecule has 0 radical (unpaired) electrons. The zero-order valence-corrected chi connectivity index (χ0v) is 15.8. The van der Waals surface area contributed by atoms with Gasteiger partial charge in [-0.25, -0.2) is 9.97 Å². The number of hydrogen-bond acceptors (Lipinski definition) is 8. The molecule has 1 aromatic heterocycles. The van der Waals surface area contributed by atoms with E-state index in [4.69, 9.17) is 4.74 Å². The van der Waals surface area contributed by atoms with Gasteiger partial charge in [-0.1, -0.05) is 6.08 Å². The lowest BCUT2D eigenvalue weighted by Gasteiger charge is -2.33. The molecule has 2 N–H and O–H groups in total. The molecular formula is C18H24N6OS. The maximum Gasteiger partial charge on any atom is 0.228 e. The van der Waals surface area contributed by atoms with Crippen LogP contribution in [0.4, 0.5) is 5.95 Å². The van der Waals surface area contributed by atoms with Crippen LogP contribution in [0.5, 0.6) is 0 Å². The molecule has 0 aromatic carbocycles. The van der Waals surface area contributed by atoms with Crippen LogP contribution < -0.4 is 10.7 Å². The highest BCUT2D eigenvalue weighted by molar-refractivity contribution is 8.03. The van der Waals surface area contributed by atoms with Crippen LogP contribution in [0.25, 0.3) is 0 Å². The quantitative estimate of drug-likeness (QED) is 0.825. The Hall–Kier alpha value is -1.61. The van der Waals surface area contributed by atoms with Gasteiger partial charge in [0.15, 0.2) is 0 Å². The van der Waals surface area contributed by atoms with Crippen LogP contribution in [0.15, 0.2) is 35.1 Å². The molecule has 7 nitrogen and oxygen atoms in total. The molecule has 1 atom stereocenters. The smallest absolute Gasteiger partial charge is 0.228 e. The molecule has 2 saturated heterocycles. The van der Waals surface area contributed by atoms with Gasteiger partial charge in [-0.15, -0.1) is 11.8 Å². The Kier molecular flexibility index (Phi) is 4.16. The highest BCUT2D eigenvalue weighted by atomic mass is 32.2. The van der Waals surface area contributed by atoms with Gasteiger partial charge in [-0.3, -0.25) is 4.90 Å². The maximum absolute atomic E-state index is 5.34. The summed E-state index contributed by atoms with van der Waals surface area (Å²) in [5.74, 6) is 3.28. The van der Waals surface area contributed by atoms with Crippen LogP contribution in [-0.4, -0.2) is 64.1 Å². The highest BCUT2D eigenvalue weighted by Gasteiger charge is 2.49. The van der Waals surface area contributed by atoms with Crippen molar-refractivity contribution in [1.82, 2.24) is 25.3 Å². The molecule has 4 aliphatic rings. The molecule has 26 heavy (non-hydrogen) atoms. The van der Waals surface area contributed by atoms with E-state index in [0.29, 0.717) is 11.9 Å². The fourth-order valence-electron chi connectivity index (χ4n) is 4.02. The molecule has 1 spiro atoms. The second-order valence-corrected chi connectivity index (χ2v) is 8.41. The van der Waals surface area contributed by atoms with Gasteiger partial charge in [0.05, 0.1) is 24.6 Å². The summed E-state index contributed by atoms with van der Waals surface area (Å²) in [6, 6.07) is 1.91. The van der Waals surface area contributed by atoms with E-state index in [1.165, 1.54) is 4.91 Å². The number of aryl methyl sites for hydroxylation is 1. The van der Waals surface area contributed by atoms with Gasteiger partial charge in [-0.05, 0) is 25.5 Å². The van der Waals surface area contributed by atoms with Crippen molar-refractivity contribution in [3.05, 3.63) is 40.8 Å². The third-order valence-electron chi connectivity index (χ3n) is 5.50. The third-order valence-corrected chi connectivity index (χ3v) is 6.72. The van der Waals surface area contributed by atoms with Crippen molar-refractivity contribution in [2.75, 3.05) is 44.0 Å². The number of ether oxygens (including phenoxy) is 1. The number of anilines is 1. The highest BCUT2D eigenvalue weighted by Crippen LogP contribution is 2.48. The molecule has 4 aliphatic heterocycles. The molecule has 138 valence electrons. The molecule has 0 amide bonds. The van der Waals surface area contributed by atoms with Crippen LogP contribution in [-0.2, 0) is 4.74 Å². The van der Waals surface area contributed by atoms with E-state index in [-0.39, 0.29) is 5.54 Å². The van der Waals surface area contributed by atoms with E-state index < -0.39 is 0 Å². The van der Waals surface area contributed by atoms with Crippen molar-refractivity contribution in [1.29, 1.82) is 0 Å². The van der Waals surface area contributed by atoms with E-state index in [2.05, 4.69) is 42.8 Å². The van der Waals surface area contributed by atoms with Gasteiger partial charge in [0.2, 0.25) is 5.95 Å². The van der Waals surface area contributed by atoms with Crippen molar-refractivity contribution < 1.29 is 4.74 Å². The summed E-state index contributed by atoms with van der Waals surface area (Å²) in [6.45, 7) is 7.09. The Balaban J connectivity index is 1.34. The van der Waals surface area contributed by atoms with E-state index >= 15 is 0 Å². The molecule has 0 aliphatic carbocycles. The van der Waals surface area contributed by atoms with E-state index in [9.17, 15) is 0 Å². The summed E-state index contributed by atoms with van der Waals surface area (Å²) < 4.78 is 5.34. The monoisotopic (exact) mass is 372 g/mol. The average molecular weight is 372 g/mol. The first-order valence-corrected chi connectivity index (χ1v) is 10.2. The first-order valence-electron chi connectivity index (χ1n) is 9.19. The number of rotatable bonds is 4. The van der Waals surface area contributed by atoms with Gasteiger partial charge >= 0.3 is 0 Å². The largest absolute Gasteiger partial charge is 0.381 e. The Morgan fingerprint density at radius 2 is 2.38 bits per heavy atom. The average Bonchev–Trinajstić information content (AvgIpc) is 3.02. The number of nitrogens with one attached hydrogen (secondary N) is 2. The van der Waals surface area contributed by atoms with Crippen LogP contribution in [0.3, 0.4) is 0 Å². The van der Waals surface area contributed by atoms with E-state index in [1.807, 2.05) is 24.8 Å². The number of hydrogen-bond donors (Lipinski definition) is 2. The minimum absolute atomic E-state index is 0.0400. The van der Waals surface area contributed by atoms with Crippen LogP contribution in [0.1, 0.15) is 12.1 Å². The summed E-state index contributed by atoms with van der Waals surface area (Å²) >= 11 is 1.94. The van der Waals surface area contributed by atoms with Crippen molar-refractivity contribution in [3.8, 4) is 0 Å². The van der Waals surface area contributed by atoms with Crippen LogP contribution >= 0.6 is 11.8 Å². The van der Waals surface area contributed by atoms with Gasteiger partial charge in [-0.2, -0.15) is 5.01 Å². The standard InChI is InChI=1S/C18H24N6OS/c1-13-2-5-19-17(20-13)21-16-8-18-4-7-23(9-14-10-25-11-14)6-3-15(18)26-12-24(18)22-16/h2-3,5,8,14,22H,4,6-7,9-12H2,1H3,(H,19,20,21). The number of thioether (sulfide) groups is 1. The van der Waals surface area contributed by atoms with Crippen LogP contribution in [0, 0.1) is 12.8 Å². The SMILES string of the molecule is Cc1ccnc(NC2=CC34CCN(CC5COC5)CC=C3SCN4N2)n1. The second kappa shape index (κ2) is 6.53. The third kappa shape index (κ3) is 2.90. The Morgan fingerprint density at radius 3 is 3.19 bits per heavy atom. The topological polar surface area (TPSA) is 65.6 Å². The van der Waals surface area contributed by atoms with Crippen molar-refractivity contribution in [3.63, 3.8) is 0 Å². The minimum atomic E-state index is -0.0400. The summed E-state index contributed by atoms with van der Waals surface area (Å²) in [7, 11) is 0. The lowest BCUT2D eigenvalue weighted by Crippen LogP contribution is -2.47. The number of hydrazine groups is 1. The predicted molar refractivity (Wildman–Crippen MR) is 102 cm³/mol. The van der Waals surface area contributed by atoms with Gasteiger partial charge in [0.1, 0.15) is 5.82 Å². The fourth-order valence-corrected chi connectivity index (χ4v) is 5.29. The molecular weight excluding hydrogens is 348 g/mol. The maximum atomic E-state index is 5.34. The molecule has 8 heteroatoms. The first-order chi connectivity index (χ1) is 12.7. The molecule has 0 saturated carbocycles. The molecule has 2 fully saturated rings. The van der Waals surface area contributed by atoms with Crippen molar-refractivity contribution >= 4 is 17.7 Å². The molecule has 5 heterocycles. The molecule has 1 aromatic rings. The Morgan fingerprint density at radius 1 is 1.46 bits per heavy atom. The zero-order chi connectivity index (χ0) is 17.6. The first kappa shape index (κ1) is 16.6. The van der Waals surface area contributed by atoms with Gasteiger partial charge in [0, 0.05) is 42.3 Å². The summed E-state index contributed by atoms with van der Waals surface area (Å²) in [5, 5.41) is 5.68.